The SMILES string of the molecule is CCCCCCCCCCC(=O)OC[C@H](COP(=O)(O)OC[C@H](O)COP(=O)(O)OC[C@@H](COC(=O)CCCCCCCCCCCCCCCCCCC(C)C)OC(=O)CCCCCCCCCCCCCCCCCCCCC(C)C)OC(=O)CCCCCCCCCCCCCCCCCCC(C)C. The average Bonchev–Trinajstić information content (AvgIpc) is 0.912. The number of carbonyl (C=O) groups excluding carboxylic acids is 4. The van der Waals surface area contributed by atoms with Gasteiger partial charge in [-0.1, -0.05) is 414 Å². The molecule has 5 atom stereocenters. The molecule has 17 nitrogen and oxygen atoms in total. The molecule has 0 aromatic heterocycles. The largest absolute Gasteiger partial charge is 0.472 e. The van der Waals surface area contributed by atoms with Crippen molar-refractivity contribution in [3.63, 3.8) is 0 Å². The van der Waals surface area contributed by atoms with E-state index >= 15 is 0 Å². The smallest absolute Gasteiger partial charge is 0.462 e. The first-order chi connectivity index (χ1) is 51.7. The van der Waals surface area contributed by atoms with Crippen molar-refractivity contribution in [2.75, 3.05) is 39.6 Å². The van der Waals surface area contributed by atoms with Crippen LogP contribution in [0.1, 0.15) is 466 Å². The van der Waals surface area contributed by atoms with E-state index in [1.807, 2.05) is 0 Å². The summed E-state index contributed by atoms with van der Waals surface area (Å²) < 4.78 is 68.9. The summed E-state index contributed by atoms with van der Waals surface area (Å²) in [6.07, 6.45) is 69.6. The van der Waals surface area contributed by atoms with Gasteiger partial charge in [-0.05, 0) is 43.4 Å². The van der Waals surface area contributed by atoms with Crippen LogP contribution in [0.3, 0.4) is 0 Å². The third-order valence-corrected chi connectivity index (χ3v) is 22.5. The minimum atomic E-state index is -4.97. The maximum atomic E-state index is 13.2. The molecule has 0 aliphatic carbocycles. The Morgan fingerprint density at radius 2 is 0.430 bits per heavy atom. The van der Waals surface area contributed by atoms with E-state index in [1.54, 1.807) is 0 Å². The van der Waals surface area contributed by atoms with E-state index in [4.69, 9.17) is 37.0 Å². The van der Waals surface area contributed by atoms with Gasteiger partial charge in [0.1, 0.15) is 19.3 Å². The molecular formula is C88H172O17P2. The Kier molecular flexibility index (Phi) is 76.6. The number of phosphoric ester groups is 2. The van der Waals surface area contributed by atoms with Gasteiger partial charge in [0.25, 0.3) is 0 Å². The molecule has 0 heterocycles. The molecule has 0 aromatic carbocycles. The van der Waals surface area contributed by atoms with Crippen LogP contribution in [-0.4, -0.2) is 96.7 Å². The standard InChI is InChI=1S/C88H172O17P2/c1-8-9-10-11-12-48-55-62-69-85(90)98-75-83(104-87(92)71-65-58-51-44-38-32-26-20-18-23-29-35-41-47-54-61-68-81(6)7)77-102-106(94,95)100-73-82(89)74-101-107(96,97)103-78-84(76-99-86(91)70-63-56-49-42-36-30-24-19-17-22-28-34-40-46-53-60-67-80(4)5)105-88(93)72-64-57-50-43-37-31-25-16-14-13-15-21-27-33-39-45-52-59-66-79(2)3/h79-84,89H,8-78H2,1-7H3,(H,94,95)(H,96,97)/t82-,83+,84+/m0/s1. The highest BCUT2D eigenvalue weighted by molar-refractivity contribution is 7.47. The zero-order valence-electron chi connectivity index (χ0n) is 70.6. The predicted molar refractivity (Wildman–Crippen MR) is 441 cm³/mol. The Morgan fingerprint density at radius 1 is 0.252 bits per heavy atom. The van der Waals surface area contributed by atoms with Crippen molar-refractivity contribution >= 4 is 39.5 Å². The maximum Gasteiger partial charge on any atom is 0.472 e. The number of aliphatic hydroxyl groups is 1. The first-order valence-corrected chi connectivity index (χ1v) is 48.3. The molecule has 3 N–H and O–H groups in total. The number of ether oxygens (including phenoxy) is 4. The van der Waals surface area contributed by atoms with Gasteiger partial charge in [-0.3, -0.25) is 37.3 Å². The molecule has 0 radical (unpaired) electrons. The summed E-state index contributed by atoms with van der Waals surface area (Å²) in [5.41, 5.74) is 0. The summed E-state index contributed by atoms with van der Waals surface area (Å²) in [5.74, 6) is 0.338. The lowest BCUT2D eigenvalue weighted by Gasteiger charge is -2.21. The van der Waals surface area contributed by atoms with E-state index in [9.17, 15) is 43.2 Å². The molecule has 0 aromatic rings. The fourth-order valence-corrected chi connectivity index (χ4v) is 15.3. The number of hydrogen-bond acceptors (Lipinski definition) is 15. The molecule has 0 aliphatic rings. The Balaban J connectivity index is 5.18. The summed E-state index contributed by atoms with van der Waals surface area (Å²) in [6, 6.07) is 0. The molecule has 0 rings (SSSR count). The summed E-state index contributed by atoms with van der Waals surface area (Å²) in [4.78, 5) is 73.2. The second-order valence-electron chi connectivity index (χ2n) is 33.1. The van der Waals surface area contributed by atoms with Crippen LogP contribution >= 0.6 is 15.6 Å². The van der Waals surface area contributed by atoms with Gasteiger partial charge in [0.2, 0.25) is 0 Å². The molecule has 0 aliphatic heterocycles. The zero-order chi connectivity index (χ0) is 78.6. The fraction of sp³-hybridized carbons (Fsp3) is 0.955. The first-order valence-electron chi connectivity index (χ1n) is 45.3. The maximum absolute atomic E-state index is 13.2. The molecule has 19 heteroatoms. The Labute approximate surface area is 658 Å². The minimum Gasteiger partial charge on any atom is -0.462 e. The van der Waals surface area contributed by atoms with Crippen molar-refractivity contribution < 1.29 is 80.2 Å². The number of carbonyl (C=O) groups is 4. The van der Waals surface area contributed by atoms with Crippen molar-refractivity contribution in [3.05, 3.63) is 0 Å². The summed E-state index contributed by atoms with van der Waals surface area (Å²) in [6.45, 7) is 12.1. The summed E-state index contributed by atoms with van der Waals surface area (Å²) in [7, 11) is -9.93. The number of esters is 4. The van der Waals surface area contributed by atoms with Gasteiger partial charge < -0.3 is 33.8 Å². The van der Waals surface area contributed by atoms with E-state index in [1.165, 1.54) is 270 Å². The first kappa shape index (κ1) is 105. The van der Waals surface area contributed by atoms with Crippen molar-refractivity contribution in [1.29, 1.82) is 0 Å². The van der Waals surface area contributed by atoms with Gasteiger partial charge >= 0.3 is 39.5 Å². The van der Waals surface area contributed by atoms with Crippen LogP contribution in [0.5, 0.6) is 0 Å². The van der Waals surface area contributed by atoms with Crippen LogP contribution in [0, 0.1) is 17.8 Å². The fourth-order valence-electron chi connectivity index (χ4n) is 13.7. The highest BCUT2D eigenvalue weighted by Crippen LogP contribution is 2.45. The quantitative estimate of drug-likeness (QED) is 0.0222. The lowest BCUT2D eigenvalue weighted by molar-refractivity contribution is -0.161. The van der Waals surface area contributed by atoms with Gasteiger partial charge in [0.05, 0.1) is 26.4 Å². The lowest BCUT2D eigenvalue weighted by atomic mass is 10.0. The van der Waals surface area contributed by atoms with Crippen LogP contribution in [0.4, 0.5) is 0 Å². The normalized spacial score (nSPS) is 13.8. The average molecular weight is 1560 g/mol. The molecule has 636 valence electrons. The number of aliphatic hydroxyl groups excluding tert-OH is 1. The molecule has 2 unspecified atom stereocenters. The van der Waals surface area contributed by atoms with Gasteiger partial charge in [-0.25, -0.2) is 9.13 Å². The molecular weight excluding hydrogens is 1390 g/mol. The highest BCUT2D eigenvalue weighted by atomic mass is 31.2. The predicted octanol–water partition coefficient (Wildman–Crippen LogP) is 26.9. The van der Waals surface area contributed by atoms with Crippen molar-refractivity contribution in [1.82, 2.24) is 0 Å². The number of unbranched alkanes of at least 4 members (excludes halogenated alkanes) is 54. The van der Waals surface area contributed by atoms with Crippen LogP contribution < -0.4 is 0 Å². The summed E-state index contributed by atoms with van der Waals surface area (Å²) in [5, 5.41) is 10.7. The van der Waals surface area contributed by atoms with E-state index in [0.29, 0.717) is 25.7 Å². The lowest BCUT2D eigenvalue weighted by Crippen LogP contribution is -2.30. The van der Waals surface area contributed by atoms with Crippen molar-refractivity contribution in [2.24, 2.45) is 17.8 Å². The third kappa shape index (κ3) is 81.9. The van der Waals surface area contributed by atoms with Crippen LogP contribution in [-0.2, 0) is 65.4 Å². The second-order valence-corrected chi connectivity index (χ2v) is 36.0. The van der Waals surface area contributed by atoms with Crippen molar-refractivity contribution in [3.8, 4) is 0 Å². The molecule has 0 saturated carbocycles. The zero-order valence-corrected chi connectivity index (χ0v) is 72.4. The van der Waals surface area contributed by atoms with Gasteiger partial charge in [-0.2, -0.15) is 0 Å². The molecule has 0 bridgehead atoms. The Bertz CT molecular complexity index is 2060. The Hall–Kier alpha value is -1.94. The van der Waals surface area contributed by atoms with Crippen molar-refractivity contribution in [2.45, 2.75) is 484 Å². The van der Waals surface area contributed by atoms with E-state index in [-0.39, 0.29) is 25.7 Å². The van der Waals surface area contributed by atoms with Gasteiger partial charge in [0, 0.05) is 25.7 Å². The topological polar surface area (TPSA) is 237 Å². The molecule has 0 saturated heterocycles. The minimum absolute atomic E-state index is 0.108. The van der Waals surface area contributed by atoms with Gasteiger partial charge in [0.15, 0.2) is 12.2 Å². The highest BCUT2D eigenvalue weighted by Gasteiger charge is 2.31. The van der Waals surface area contributed by atoms with E-state index in [0.717, 1.165) is 114 Å². The van der Waals surface area contributed by atoms with E-state index < -0.39 is 97.5 Å². The third-order valence-electron chi connectivity index (χ3n) is 20.6. The number of phosphoric acid groups is 2. The van der Waals surface area contributed by atoms with Crippen LogP contribution in [0.2, 0.25) is 0 Å². The number of rotatable bonds is 86. The molecule has 0 fully saturated rings. The molecule has 107 heavy (non-hydrogen) atoms. The molecule has 0 spiro atoms. The van der Waals surface area contributed by atoms with E-state index in [2.05, 4.69) is 48.5 Å². The van der Waals surface area contributed by atoms with Crippen LogP contribution in [0.25, 0.3) is 0 Å². The van der Waals surface area contributed by atoms with Gasteiger partial charge in [-0.15, -0.1) is 0 Å². The van der Waals surface area contributed by atoms with Crippen LogP contribution in [0.15, 0.2) is 0 Å². The summed E-state index contributed by atoms with van der Waals surface area (Å²) >= 11 is 0. The monoisotopic (exact) mass is 1560 g/mol. The molecule has 0 amide bonds. The Morgan fingerprint density at radius 3 is 0.636 bits per heavy atom. The second kappa shape index (κ2) is 78.0. The number of hydrogen-bond donors (Lipinski definition) is 3.